The Bertz CT molecular complexity index is 1610. The summed E-state index contributed by atoms with van der Waals surface area (Å²) < 4.78 is 56.3. The predicted octanol–water partition coefficient (Wildman–Crippen LogP) is 4.44. The number of amidine groups is 1. The van der Waals surface area contributed by atoms with E-state index >= 15 is 0 Å². The van der Waals surface area contributed by atoms with Gasteiger partial charge >= 0.3 is 0 Å². The van der Waals surface area contributed by atoms with Gasteiger partial charge in [-0.2, -0.15) is 8.42 Å². The lowest BCUT2D eigenvalue weighted by molar-refractivity contribution is 0.105. The Balaban J connectivity index is 1.91. The first kappa shape index (κ1) is 25.0. The molecule has 4 rings (SSSR count). The van der Waals surface area contributed by atoms with Crippen LogP contribution in [0.25, 0.3) is 22.4 Å². The quantitative estimate of drug-likeness (QED) is 0.0806. The molecule has 0 spiro atoms. The summed E-state index contributed by atoms with van der Waals surface area (Å²) in [6.45, 7) is 0. The van der Waals surface area contributed by atoms with Gasteiger partial charge < -0.3 is 15.8 Å². The van der Waals surface area contributed by atoms with Crippen molar-refractivity contribution >= 4 is 55.6 Å². The molecule has 184 valence electrons. The number of allylic oxidation sites excluding steroid dienone is 1. The van der Waals surface area contributed by atoms with Crippen molar-refractivity contribution in [1.29, 1.82) is 0 Å². The molecule has 8 nitrogen and oxygen atoms in total. The minimum absolute atomic E-state index is 0.0963. The van der Waals surface area contributed by atoms with Crippen LogP contribution in [0.4, 0.5) is 8.78 Å². The number of carbonyl (C=O) groups is 1. The van der Waals surface area contributed by atoms with Gasteiger partial charge in [0.25, 0.3) is 10.0 Å². The number of aliphatic hydroxyl groups excluding tert-OH is 1. The normalized spacial score (nSPS) is 13.0. The Morgan fingerprint density at radius 2 is 1.72 bits per heavy atom. The molecule has 4 N–H and O–H groups in total. The second-order valence-corrected chi connectivity index (χ2v) is 9.40. The third kappa shape index (κ3) is 5.11. The highest BCUT2D eigenvalue weighted by Crippen LogP contribution is 2.29. The van der Waals surface area contributed by atoms with E-state index in [2.05, 4.69) is 14.4 Å². The number of carbonyl (C=O) groups excluding carboxylic acids is 1. The lowest BCUT2D eigenvalue weighted by Gasteiger charge is -2.10. The Hall–Kier alpha value is -4.09. The van der Waals surface area contributed by atoms with Crippen LogP contribution in [0.5, 0.6) is 0 Å². The molecule has 0 fully saturated rings. The number of imidazole rings is 1. The molecule has 0 atom stereocenters. The monoisotopic (exact) mass is 530 g/mol. The molecule has 4 aromatic rings. The van der Waals surface area contributed by atoms with Gasteiger partial charge in [0, 0.05) is 17.2 Å². The van der Waals surface area contributed by atoms with Gasteiger partial charge in [-0.1, -0.05) is 24.3 Å². The fourth-order valence-electron chi connectivity index (χ4n) is 3.41. The average molecular weight is 531 g/mol. The van der Waals surface area contributed by atoms with Crippen molar-refractivity contribution < 1.29 is 27.1 Å². The van der Waals surface area contributed by atoms with Gasteiger partial charge in [-0.15, -0.1) is 16.0 Å². The number of nitrogens with two attached hydrogens (primary N) is 1. The smallest absolute Gasteiger partial charge is 0.283 e. The zero-order valence-electron chi connectivity index (χ0n) is 18.2. The molecule has 0 unspecified atom stereocenters. The van der Waals surface area contributed by atoms with Gasteiger partial charge in [-0.25, -0.2) is 13.8 Å². The lowest BCUT2D eigenvalue weighted by Crippen LogP contribution is -2.16. The molecule has 0 saturated carbocycles. The van der Waals surface area contributed by atoms with E-state index in [9.17, 15) is 27.1 Å². The third-order valence-electron chi connectivity index (χ3n) is 4.99. The largest absolute Gasteiger partial charge is 0.506 e. The van der Waals surface area contributed by atoms with Gasteiger partial charge in [0.2, 0.25) is 5.78 Å². The van der Waals surface area contributed by atoms with E-state index in [0.29, 0.717) is 17.1 Å². The van der Waals surface area contributed by atoms with Crippen LogP contribution in [-0.2, 0) is 10.0 Å². The summed E-state index contributed by atoms with van der Waals surface area (Å²) in [5.74, 6) is -4.36. The molecular formula is C24H17ClF2N4O4S. The van der Waals surface area contributed by atoms with Crippen LogP contribution in [0.2, 0.25) is 0 Å². The first-order valence-corrected chi connectivity index (χ1v) is 12.2. The number of ketones is 1. The molecule has 12 heteroatoms. The Kier molecular flexibility index (Phi) is 6.86. The molecule has 0 saturated heterocycles. The maximum Gasteiger partial charge on any atom is 0.283 e. The Labute approximate surface area is 208 Å². The topological polar surface area (TPSA) is 138 Å². The van der Waals surface area contributed by atoms with Crippen LogP contribution in [0, 0.1) is 11.6 Å². The second-order valence-electron chi connectivity index (χ2n) is 7.53. The first-order chi connectivity index (χ1) is 17.1. The summed E-state index contributed by atoms with van der Waals surface area (Å²) in [4.78, 5) is 20.5. The molecule has 0 radical (unpaired) electrons. The van der Waals surface area contributed by atoms with Gasteiger partial charge in [-0.3, -0.25) is 4.79 Å². The van der Waals surface area contributed by atoms with E-state index in [1.165, 1.54) is 18.2 Å². The number of nitrogens with zero attached hydrogens (tertiary/aromatic N) is 2. The number of H-pyrrole nitrogens is 1. The summed E-state index contributed by atoms with van der Waals surface area (Å²) in [6.07, 6.45) is 0. The van der Waals surface area contributed by atoms with E-state index in [0.717, 1.165) is 18.2 Å². The Morgan fingerprint density at radius 1 is 1.03 bits per heavy atom. The number of halogens is 3. The minimum Gasteiger partial charge on any atom is -0.506 e. The molecule has 1 aromatic heterocycles. The van der Waals surface area contributed by atoms with E-state index in [1.54, 1.807) is 24.3 Å². The van der Waals surface area contributed by atoms with Crippen LogP contribution in [-0.4, -0.2) is 41.0 Å². The maximum atomic E-state index is 13.9. The average Bonchev–Trinajstić information content (AvgIpc) is 3.26. The predicted molar refractivity (Wildman–Crippen MR) is 132 cm³/mol. The molecular weight excluding hydrogens is 514 g/mol. The molecule has 0 bridgehead atoms. The molecule has 0 amide bonds. The molecule has 36 heavy (non-hydrogen) atoms. The van der Waals surface area contributed by atoms with Crippen LogP contribution in [0.3, 0.4) is 0 Å². The maximum absolute atomic E-state index is 13.9. The van der Waals surface area contributed by atoms with Crippen molar-refractivity contribution in [2.24, 2.45) is 10.1 Å². The summed E-state index contributed by atoms with van der Waals surface area (Å²) in [6, 6.07) is 13.9. The fourth-order valence-corrected chi connectivity index (χ4v) is 4.54. The minimum atomic E-state index is -4.30. The van der Waals surface area contributed by atoms with Crippen LogP contribution in [0.1, 0.15) is 21.7 Å². The SMILES string of the molecule is NC(CCl)=NS(=O)(=O)c1cccc(C(=O)C(=C(O)c2cc(F)cc(F)c2)c2nc3ccccc3[nH]2)c1. The van der Waals surface area contributed by atoms with E-state index in [4.69, 9.17) is 17.3 Å². The van der Waals surface area contributed by atoms with Crippen molar-refractivity contribution in [3.63, 3.8) is 0 Å². The number of fused-ring (bicyclic) bond motifs is 1. The fraction of sp³-hybridized carbons (Fsp3) is 0.0417. The Morgan fingerprint density at radius 3 is 2.39 bits per heavy atom. The summed E-state index contributed by atoms with van der Waals surface area (Å²) in [5, 5.41) is 11.0. The first-order valence-electron chi connectivity index (χ1n) is 10.2. The van der Waals surface area contributed by atoms with Crippen molar-refractivity contribution in [1.82, 2.24) is 9.97 Å². The standard InChI is InChI=1S/C24H17ClF2N4O4S/c25-12-20(28)31-36(34,35)17-5-3-4-13(10-17)22(32)21(23(33)14-8-15(26)11-16(27)9-14)24-29-18-6-1-2-7-19(18)30-24/h1-11,33H,12H2,(H2,28,31)(H,29,30). The number of hydrogen-bond acceptors (Lipinski definition) is 5. The van der Waals surface area contributed by atoms with Crippen LogP contribution in [0.15, 0.2) is 76.0 Å². The molecule has 0 aliphatic heterocycles. The molecule has 0 aliphatic rings. The van der Waals surface area contributed by atoms with Crippen molar-refractivity contribution in [2.45, 2.75) is 4.90 Å². The summed E-state index contributed by atoms with van der Waals surface area (Å²) in [7, 11) is -4.30. The summed E-state index contributed by atoms with van der Waals surface area (Å²) >= 11 is 5.51. The number of aromatic amines is 1. The molecule has 0 aliphatic carbocycles. The van der Waals surface area contributed by atoms with Gasteiger partial charge in [0.05, 0.1) is 21.8 Å². The van der Waals surface area contributed by atoms with E-state index < -0.39 is 38.8 Å². The summed E-state index contributed by atoms with van der Waals surface area (Å²) in [5.41, 5.74) is 5.50. The zero-order chi connectivity index (χ0) is 26.0. The number of Topliss-reactive ketones (excluding diaryl/α,β-unsaturated/α-hetero) is 1. The highest BCUT2D eigenvalue weighted by Gasteiger charge is 2.26. The number of aromatic nitrogens is 2. The number of aliphatic hydroxyl groups is 1. The number of rotatable bonds is 7. The van der Waals surface area contributed by atoms with E-state index in [-0.39, 0.29) is 33.6 Å². The molecule has 1 heterocycles. The van der Waals surface area contributed by atoms with Gasteiger partial charge in [0.1, 0.15) is 34.6 Å². The van der Waals surface area contributed by atoms with Gasteiger partial charge in [-0.05, 0) is 36.4 Å². The lowest BCUT2D eigenvalue weighted by atomic mass is 9.98. The highest BCUT2D eigenvalue weighted by molar-refractivity contribution is 7.90. The van der Waals surface area contributed by atoms with Crippen LogP contribution >= 0.6 is 11.6 Å². The number of hydrogen-bond donors (Lipinski definition) is 3. The highest BCUT2D eigenvalue weighted by atomic mass is 35.5. The van der Waals surface area contributed by atoms with Crippen molar-refractivity contribution in [3.8, 4) is 0 Å². The van der Waals surface area contributed by atoms with Gasteiger partial charge in [0.15, 0.2) is 0 Å². The molecule has 3 aromatic carbocycles. The second kappa shape index (κ2) is 9.88. The van der Waals surface area contributed by atoms with Crippen LogP contribution < -0.4 is 5.73 Å². The zero-order valence-corrected chi connectivity index (χ0v) is 19.8. The number of nitrogens with one attached hydrogen (secondary N) is 1. The van der Waals surface area contributed by atoms with Crippen molar-refractivity contribution in [2.75, 3.05) is 5.88 Å². The van der Waals surface area contributed by atoms with Crippen molar-refractivity contribution in [3.05, 3.63) is 95.3 Å². The number of sulfonamides is 1. The number of para-hydroxylation sites is 2. The number of benzene rings is 3. The number of alkyl halides is 1. The van der Waals surface area contributed by atoms with E-state index in [1.807, 2.05) is 0 Å². The third-order valence-corrected chi connectivity index (χ3v) is 6.59.